The van der Waals surface area contributed by atoms with Crippen LogP contribution >= 0.6 is 0 Å². The van der Waals surface area contributed by atoms with Crippen LogP contribution in [0.3, 0.4) is 0 Å². The molecule has 2 N–H and O–H groups in total. The second-order valence-corrected chi connectivity index (χ2v) is 4.41. The molecule has 16 heavy (non-hydrogen) atoms. The van der Waals surface area contributed by atoms with Gasteiger partial charge in [0.1, 0.15) is 0 Å². The molecular formula is C11H15N5. The maximum Gasteiger partial charge on any atom is 0.175 e. The summed E-state index contributed by atoms with van der Waals surface area (Å²) in [5.41, 5.74) is 8.71. The zero-order chi connectivity index (χ0) is 11.3. The quantitative estimate of drug-likeness (QED) is 0.826. The third-order valence-electron chi connectivity index (χ3n) is 3.06. The van der Waals surface area contributed by atoms with Gasteiger partial charge in [-0.1, -0.05) is 0 Å². The van der Waals surface area contributed by atoms with Gasteiger partial charge in [0.05, 0.1) is 17.1 Å². The molecule has 0 bridgehead atoms. The molecule has 0 radical (unpaired) electrons. The van der Waals surface area contributed by atoms with Crippen LogP contribution in [0.15, 0.2) is 12.3 Å². The van der Waals surface area contributed by atoms with Gasteiger partial charge in [0.15, 0.2) is 5.82 Å². The predicted octanol–water partition coefficient (Wildman–Crippen LogP) is 1.37. The predicted molar refractivity (Wildman–Crippen MR) is 61.5 cm³/mol. The average molecular weight is 217 g/mol. The summed E-state index contributed by atoms with van der Waals surface area (Å²) in [6.45, 7) is 1.91. The molecular weight excluding hydrogens is 202 g/mol. The molecule has 0 atom stereocenters. The molecule has 1 aliphatic carbocycles. The highest BCUT2D eigenvalue weighted by atomic mass is 15.4. The van der Waals surface area contributed by atoms with Crippen LogP contribution in [0, 0.1) is 6.92 Å². The van der Waals surface area contributed by atoms with Crippen molar-refractivity contribution >= 4 is 5.69 Å². The molecule has 1 fully saturated rings. The second kappa shape index (κ2) is 3.10. The number of hydrogen-bond donors (Lipinski definition) is 1. The molecule has 0 unspecified atom stereocenters. The van der Waals surface area contributed by atoms with Crippen molar-refractivity contribution < 1.29 is 0 Å². The third-order valence-corrected chi connectivity index (χ3v) is 3.06. The minimum absolute atomic E-state index is 0.664. The van der Waals surface area contributed by atoms with Gasteiger partial charge in [0, 0.05) is 19.2 Å². The molecule has 5 nitrogen and oxygen atoms in total. The van der Waals surface area contributed by atoms with E-state index in [0.717, 1.165) is 11.5 Å². The molecule has 0 spiro atoms. The van der Waals surface area contributed by atoms with E-state index in [2.05, 4.69) is 16.3 Å². The first-order valence-electron chi connectivity index (χ1n) is 5.52. The topological polar surface area (TPSA) is 61.7 Å². The first-order chi connectivity index (χ1) is 7.66. The van der Waals surface area contributed by atoms with Gasteiger partial charge < -0.3 is 5.73 Å². The second-order valence-electron chi connectivity index (χ2n) is 4.41. The summed E-state index contributed by atoms with van der Waals surface area (Å²) in [5.74, 6) is 1.51. The van der Waals surface area contributed by atoms with Gasteiger partial charge in [-0.15, -0.1) is 0 Å². The number of hydrogen-bond acceptors (Lipinski definition) is 3. The molecule has 2 aromatic heterocycles. The Morgan fingerprint density at radius 2 is 2.12 bits per heavy atom. The van der Waals surface area contributed by atoms with Crippen molar-refractivity contribution in [2.45, 2.75) is 25.7 Å². The molecule has 0 amide bonds. The van der Waals surface area contributed by atoms with Crippen molar-refractivity contribution in [2.75, 3.05) is 5.73 Å². The van der Waals surface area contributed by atoms with Crippen LogP contribution in [-0.4, -0.2) is 19.6 Å². The molecule has 5 heteroatoms. The Labute approximate surface area is 93.9 Å². The van der Waals surface area contributed by atoms with E-state index in [9.17, 15) is 0 Å². The summed E-state index contributed by atoms with van der Waals surface area (Å²) in [5, 5.41) is 8.84. The van der Waals surface area contributed by atoms with Crippen molar-refractivity contribution in [3.63, 3.8) is 0 Å². The number of aromatic nitrogens is 4. The normalized spacial score (nSPS) is 15.6. The van der Waals surface area contributed by atoms with Crippen molar-refractivity contribution in [2.24, 2.45) is 7.05 Å². The Hall–Kier alpha value is -1.78. The lowest BCUT2D eigenvalue weighted by atomic mass is 10.3. The summed E-state index contributed by atoms with van der Waals surface area (Å²) < 4.78 is 3.59. The molecule has 0 saturated heterocycles. The van der Waals surface area contributed by atoms with Crippen LogP contribution in [0.4, 0.5) is 5.69 Å². The lowest BCUT2D eigenvalue weighted by Crippen LogP contribution is -2.06. The molecule has 2 aromatic rings. The number of nitrogens with zero attached hydrogens (tertiary/aromatic N) is 4. The van der Waals surface area contributed by atoms with E-state index in [1.165, 1.54) is 18.5 Å². The zero-order valence-corrected chi connectivity index (χ0v) is 9.51. The molecule has 3 rings (SSSR count). The van der Waals surface area contributed by atoms with Gasteiger partial charge in [0.2, 0.25) is 0 Å². The van der Waals surface area contributed by atoms with E-state index in [-0.39, 0.29) is 0 Å². The molecule has 84 valence electrons. The van der Waals surface area contributed by atoms with Crippen LogP contribution in [0.25, 0.3) is 5.82 Å². The Morgan fingerprint density at radius 1 is 1.38 bits per heavy atom. The monoisotopic (exact) mass is 217 g/mol. The standard InChI is InChI=1S/C11H15N5/c1-7-10(12)11(15(2)13-7)16-6-5-9(14-16)8-3-4-8/h5-6,8H,3-4,12H2,1-2H3. The molecule has 0 aliphatic heterocycles. The van der Waals surface area contributed by atoms with E-state index in [1.807, 2.05) is 24.9 Å². The van der Waals surface area contributed by atoms with E-state index in [1.54, 1.807) is 4.68 Å². The Morgan fingerprint density at radius 3 is 2.69 bits per heavy atom. The summed E-state index contributed by atoms with van der Waals surface area (Å²) in [6, 6.07) is 2.07. The van der Waals surface area contributed by atoms with Crippen molar-refractivity contribution in [1.29, 1.82) is 0 Å². The minimum atomic E-state index is 0.664. The van der Waals surface area contributed by atoms with Crippen LogP contribution in [0.1, 0.15) is 30.1 Å². The maximum atomic E-state index is 5.99. The lowest BCUT2D eigenvalue weighted by molar-refractivity contribution is 0.688. The largest absolute Gasteiger partial charge is 0.394 e. The molecule has 1 saturated carbocycles. The first kappa shape index (κ1) is 9.45. The summed E-state index contributed by atoms with van der Waals surface area (Å²) >= 11 is 0. The Balaban J connectivity index is 2.06. The Kier molecular flexibility index (Phi) is 1.83. The summed E-state index contributed by atoms with van der Waals surface area (Å²) in [7, 11) is 1.89. The zero-order valence-electron chi connectivity index (χ0n) is 9.51. The van der Waals surface area contributed by atoms with Crippen LogP contribution in [0.2, 0.25) is 0 Å². The average Bonchev–Trinajstić information content (AvgIpc) is 2.93. The third kappa shape index (κ3) is 1.31. The SMILES string of the molecule is Cc1nn(C)c(-n2ccc(C3CC3)n2)c1N. The number of aryl methyl sites for hydroxylation is 2. The van der Waals surface area contributed by atoms with Crippen LogP contribution in [-0.2, 0) is 7.05 Å². The van der Waals surface area contributed by atoms with E-state index < -0.39 is 0 Å². The molecule has 0 aromatic carbocycles. The highest BCUT2D eigenvalue weighted by molar-refractivity contribution is 5.56. The number of nitrogens with two attached hydrogens (primary N) is 1. The van der Waals surface area contributed by atoms with Gasteiger partial charge in [-0.25, -0.2) is 9.36 Å². The highest BCUT2D eigenvalue weighted by Crippen LogP contribution is 2.39. The van der Waals surface area contributed by atoms with Crippen molar-refractivity contribution in [3.8, 4) is 5.82 Å². The first-order valence-corrected chi connectivity index (χ1v) is 5.52. The fourth-order valence-electron chi connectivity index (χ4n) is 1.99. The van der Waals surface area contributed by atoms with Gasteiger partial charge in [-0.2, -0.15) is 10.2 Å². The van der Waals surface area contributed by atoms with Gasteiger partial charge >= 0.3 is 0 Å². The molecule has 1 aliphatic rings. The molecule has 2 heterocycles. The highest BCUT2D eigenvalue weighted by Gasteiger charge is 2.26. The number of nitrogen functional groups attached to an aromatic ring is 1. The van der Waals surface area contributed by atoms with Gasteiger partial charge in [0.25, 0.3) is 0 Å². The van der Waals surface area contributed by atoms with E-state index in [4.69, 9.17) is 5.73 Å². The smallest absolute Gasteiger partial charge is 0.175 e. The fraction of sp³-hybridized carbons (Fsp3) is 0.455. The fourth-order valence-corrected chi connectivity index (χ4v) is 1.99. The van der Waals surface area contributed by atoms with Crippen LogP contribution < -0.4 is 5.73 Å². The van der Waals surface area contributed by atoms with Crippen LogP contribution in [0.5, 0.6) is 0 Å². The number of rotatable bonds is 2. The minimum Gasteiger partial charge on any atom is -0.394 e. The lowest BCUT2D eigenvalue weighted by Gasteiger charge is -2.02. The van der Waals surface area contributed by atoms with Gasteiger partial charge in [-0.05, 0) is 25.8 Å². The van der Waals surface area contributed by atoms with Crippen molar-refractivity contribution in [1.82, 2.24) is 19.6 Å². The summed E-state index contributed by atoms with van der Waals surface area (Å²) in [4.78, 5) is 0. The Bertz CT molecular complexity index is 533. The van der Waals surface area contributed by atoms with E-state index >= 15 is 0 Å². The number of anilines is 1. The van der Waals surface area contributed by atoms with Crippen molar-refractivity contribution in [3.05, 3.63) is 23.7 Å². The summed E-state index contributed by atoms with van der Waals surface area (Å²) in [6.07, 6.45) is 4.48. The van der Waals surface area contributed by atoms with Gasteiger partial charge in [-0.3, -0.25) is 0 Å². The van der Waals surface area contributed by atoms with E-state index in [0.29, 0.717) is 11.6 Å². The maximum absolute atomic E-state index is 5.99.